The molecular formula is C23H27FN2O5S. The number of sulfonamides is 1. The molecule has 0 aliphatic heterocycles. The second kappa shape index (κ2) is 9.60. The van der Waals surface area contributed by atoms with Gasteiger partial charge in [-0.2, -0.15) is 0 Å². The standard InChI is InChI=1S/C23H27FN2O5S/c1-5-11-26(32(4,28)29)18-14-19-17(13-20(18)30-12-6-2)21(23(27)25-3)22(31-19)15-7-9-16(24)10-8-15/h7-10,13-14H,5-6,11-12H2,1-4H3,(H,25,27). The molecule has 172 valence electrons. The van der Waals surface area contributed by atoms with E-state index in [4.69, 9.17) is 9.15 Å². The molecule has 0 aliphatic carbocycles. The molecule has 0 spiro atoms. The van der Waals surface area contributed by atoms with Gasteiger partial charge in [-0.25, -0.2) is 12.8 Å². The molecular weight excluding hydrogens is 435 g/mol. The highest BCUT2D eigenvalue weighted by atomic mass is 32.2. The van der Waals surface area contributed by atoms with E-state index in [1.807, 2.05) is 13.8 Å². The summed E-state index contributed by atoms with van der Waals surface area (Å²) in [6.45, 7) is 4.46. The van der Waals surface area contributed by atoms with Gasteiger partial charge in [-0.05, 0) is 43.2 Å². The van der Waals surface area contributed by atoms with Gasteiger partial charge in [0.15, 0.2) is 0 Å². The monoisotopic (exact) mass is 462 g/mol. The number of hydrogen-bond donors (Lipinski definition) is 1. The third-order valence-electron chi connectivity index (χ3n) is 4.89. The lowest BCUT2D eigenvalue weighted by molar-refractivity contribution is 0.0964. The van der Waals surface area contributed by atoms with Gasteiger partial charge in [0.1, 0.15) is 22.9 Å². The van der Waals surface area contributed by atoms with Crippen LogP contribution in [0, 0.1) is 5.82 Å². The lowest BCUT2D eigenvalue weighted by Gasteiger charge is -2.24. The molecule has 0 radical (unpaired) electrons. The minimum Gasteiger partial charge on any atom is -0.491 e. The number of hydrogen-bond acceptors (Lipinski definition) is 5. The molecule has 0 atom stereocenters. The van der Waals surface area contributed by atoms with Gasteiger partial charge in [0.25, 0.3) is 5.91 Å². The van der Waals surface area contributed by atoms with Crippen LogP contribution in [0.25, 0.3) is 22.3 Å². The number of rotatable bonds is 9. The molecule has 32 heavy (non-hydrogen) atoms. The summed E-state index contributed by atoms with van der Waals surface area (Å²) in [6.07, 6.45) is 2.46. The molecule has 0 saturated carbocycles. The number of halogens is 1. The number of fused-ring (bicyclic) bond motifs is 1. The number of anilines is 1. The molecule has 1 aromatic heterocycles. The lowest BCUT2D eigenvalue weighted by atomic mass is 10.0. The Kier molecular flexibility index (Phi) is 7.08. The average molecular weight is 463 g/mol. The molecule has 3 aromatic rings. The fourth-order valence-corrected chi connectivity index (χ4v) is 4.47. The lowest BCUT2D eigenvalue weighted by Crippen LogP contribution is -2.31. The number of nitrogens with zero attached hydrogens (tertiary/aromatic N) is 1. The quantitative estimate of drug-likeness (QED) is 0.503. The number of nitrogens with one attached hydrogen (secondary N) is 1. The number of benzene rings is 2. The van der Waals surface area contributed by atoms with Gasteiger partial charge in [0, 0.05) is 30.6 Å². The fraction of sp³-hybridized carbons (Fsp3) is 0.348. The fourth-order valence-electron chi connectivity index (χ4n) is 3.46. The SMILES string of the molecule is CCCOc1cc2c(C(=O)NC)c(-c3ccc(F)cc3)oc2cc1N(CCC)S(C)(=O)=O. The molecule has 1 heterocycles. The summed E-state index contributed by atoms with van der Waals surface area (Å²) in [5, 5.41) is 3.08. The average Bonchev–Trinajstić information content (AvgIpc) is 3.12. The maximum atomic E-state index is 13.4. The van der Waals surface area contributed by atoms with E-state index in [0.717, 1.165) is 12.7 Å². The van der Waals surface area contributed by atoms with Crippen LogP contribution >= 0.6 is 0 Å². The Morgan fingerprint density at radius 1 is 1.16 bits per heavy atom. The van der Waals surface area contributed by atoms with Crippen molar-refractivity contribution in [3.05, 3.63) is 47.8 Å². The molecule has 2 aromatic carbocycles. The summed E-state index contributed by atoms with van der Waals surface area (Å²) in [7, 11) is -2.08. The summed E-state index contributed by atoms with van der Waals surface area (Å²) in [5.41, 5.74) is 1.46. The molecule has 0 bridgehead atoms. The smallest absolute Gasteiger partial charge is 0.255 e. The van der Waals surface area contributed by atoms with Gasteiger partial charge in [-0.15, -0.1) is 0 Å². The maximum absolute atomic E-state index is 13.4. The van der Waals surface area contributed by atoms with Crippen molar-refractivity contribution < 1.29 is 26.8 Å². The van der Waals surface area contributed by atoms with Crippen LogP contribution < -0.4 is 14.4 Å². The summed E-state index contributed by atoms with van der Waals surface area (Å²) >= 11 is 0. The van der Waals surface area contributed by atoms with Gasteiger partial charge >= 0.3 is 0 Å². The molecule has 7 nitrogen and oxygen atoms in total. The second-order valence-corrected chi connectivity index (χ2v) is 9.30. The van der Waals surface area contributed by atoms with Crippen LogP contribution in [0.2, 0.25) is 0 Å². The van der Waals surface area contributed by atoms with E-state index in [0.29, 0.717) is 41.0 Å². The zero-order chi connectivity index (χ0) is 23.5. The molecule has 3 rings (SSSR count). The predicted molar refractivity (Wildman–Crippen MR) is 123 cm³/mol. The number of ether oxygens (including phenoxy) is 1. The van der Waals surface area contributed by atoms with Gasteiger partial charge in [0.05, 0.1) is 24.1 Å². The van der Waals surface area contributed by atoms with Crippen LogP contribution in [-0.2, 0) is 10.0 Å². The molecule has 1 amide bonds. The van der Waals surface area contributed by atoms with Crippen molar-refractivity contribution >= 4 is 32.6 Å². The number of furan rings is 1. The topological polar surface area (TPSA) is 88.8 Å². The summed E-state index contributed by atoms with van der Waals surface area (Å²) in [4.78, 5) is 12.8. The Bertz CT molecular complexity index is 1220. The normalized spacial score (nSPS) is 11.5. The van der Waals surface area contributed by atoms with Crippen molar-refractivity contribution in [3.63, 3.8) is 0 Å². The molecule has 1 N–H and O–H groups in total. The highest BCUT2D eigenvalue weighted by molar-refractivity contribution is 7.92. The van der Waals surface area contributed by atoms with E-state index in [1.54, 1.807) is 12.1 Å². The van der Waals surface area contributed by atoms with Crippen molar-refractivity contribution in [2.24, 2.45) is 0 Å². The maximum Gasteiger partial charge on any atom is 0.255 e. The number of carbonyl (C=O) groups excluding carboxylic acids is 1. The zero-order valence-electron chi connectivity index (χ0n) is 18.6. The first-order chi connectivity index (χ1) is 15.2. The van der Waals surface area contributed by atoms with E-state index in [9.17, 15) is 17.6 Å². The van der Waals surface area contributed by atoms with Gasteiger partial charge < -0.3 is 14.5 Å². The van der Waals surface area contributed by atoms with Crippen molar-refractivity contribution in [2.75, 3.05) is 30.8 Å². The van der Waals surface area contributed by atoms with Crippen LogP contribution in [0.15, 0.2) is 40.8 Å². The van der Waals surface area contributed by atoms with Crippen LogP contribution in [0.4, 0.5) is 10.1 Å². The molecule has 0 unspecified atom stereocenters. The minimum atomic E-state index is -3.59. The highest BCUT2D eigenvalue weighted by Gasteiger charge is 2.27. The Morgan fingerprint density at radius 2 is 1.84 bits per heavy atom. The first-order valence-electron chi connectivity index (χ1n) is 10.4. The Hall–Kier alpha value is -3.07. The molecule has 9 heteroatoms. The minimum absolute atomic E-state index is 0.263. The Balaban J connectivity index is 2.33. The molecule has 0 saturated heterocycles. The zero-order valence-corrected chi connectivity index (χ0v) is 19.4. The Labute approximate surface area is 187 Å². The van der Waals surface area contributed by atoms with E-state index < -0.39 is 15.8 Å². The van der Waals surface area contributed by atoms with E-state index in [-0.39, 0.29) is 23.8 Å². The first kappa shape index (κ1) is 23.6. The van der Waals surface area contributed by atoms with E-state index in [1.165, 1.54) is 35.6 Å². The predicted octanol–water partition coefficient (Wildman–Crippen LogP) is 4.56. The van der Waals surface area contributed by atoms with Crippen LogP contribution in [-0.4, -0.2) is 40.8 Å². The van der Waals surface area contributed by atoms with Crippen LogP contribution in [0.5, 0.6) is 5.75 Å². The van der Waals surface area contributed by atoms with E-state index in [2.05, 4.69) is 5.32 Å². The van der Waals surface area contributed by atoms with Crippen molar-refractivity contribution in [1.29, 1.82) is 0 Å². The van der Waals surface area contributed by atoms with Crippen molar-refractivity contribution in [1.82, 2.24) is 5.32 Å². The van der Waals surface area contributed by atoms with Crippen LogP contribution in [0.3, 0.4) is 0 Å². The largest absolute Gasteiger partial charge is 0.491 e. The summed E-state index contributed by atoms with van der Waals surface area (Å²) in [5.74, 6) is -0.188. The first-order valence-corrected chi connectivity index (χ1v) is 12.2. The Morgan fingerprint density at radius 3 is 2.41 bits per heavy atom. The van der Waals surface area contributed by atoms with E-state index >= 15 is 0 Å². The van der Waals surface area contributed by atoms with Gasteiger partial charge in [0.2, 0.25) is 10.0 Å². The van der Waals surface area contributed by atoms with Crippen LogP contribution in [0.1, 0.15) is 37.0 Å². The summed E-state index contributed by atoms with van der Waals surface area (Å²) in [6, 6.07) is 8.82. The third kappa shape index (κ3) is 4.72. The van der Waals surface area contributed by atoms with Gasteiger partial charge in [-0.3, -0.25) is 9.10 Å². The summed E-state index contributed by atoms with van der Waals surface area (Å²) < 4.78 is 51.6. The second-order valence-electron chi connectivity index (χ2n) is 7.39. The van der Waals surface area contributed by atoms with Crippen molar-refractivity contribution in [3.8, 4) is 17.1 Å². The number of amides is 1. The third-order valence-corrected chi connectivity index (χ3v) is 6.07. The van der Waals surface area contributed by atoms with Crippen molar-refractivity contribution in [2.45, 2.75) is 26.7 Å². The molecule has 0 fully saturated rings. The molecule has 0 aliphatic rings. The highest BCUT2D eigenvalue weighted by Crippen LogP contribution is 2.41. The number of carbonyl (C=O) groups is 1. The van der Waals surface area contributed by atoms with Gasteiger partial charge in [-0.1, -0.05) is 13.8 Å².